The first-order valence-electron chi connectivity index (χ1n) is 6.12. The predicted molar refractivity (Wildman–Crippen MR) is 71.4 cm³/mol. The molecule has 0 radical (unpaired) electrons. The van der Waals surface area contributed by atoms with Crippen LogP contribution < -0.4 is 16.8 Å². The number of hydrogen-bond acceptors (Lipinski definition) is 4. The topological polar surface area (TPSA) is 90.4 Å². The largest absolute Gasteiger partial charge is 0.398 e. The smallest absolute Gasteiger partial charge is 0.250 e. The summed E-state index contributed by atoms with van der Waals surface area (Å²) >= 11 is 0. The number of ether oxygens (including phenoxy) is 1. The predicted octanol–water partition coefficient (Wildman–Crippen LogP) is 1.49. The van der Waals surface area contributed by atoms with Crippen molar-refractivity contribution in [1.29, 1.82) is 0 Å². The van der Waals surface area contributed by atoms with E-state index in [4.69, 9.17) is 16.2 Å². The molecule has 0 spiro atoms. The third-order valence-corrected chi connectivity index (χ3v) is 3.71. The van der Waals surface area contributed by atoms with Gasteiger partial charge in [-0.3, -0.25) is 4.79 Å². The lowest BCUT2D eigenvalue weighted by molar-refractivity contribution is 0.100. The average molecular weight is 267 g/mol. The molecule has 104 valence electrons. The Morgan fingerprint density at radius 1 is 1.58 bits per heavy atom. The van der Waals surface area contributed by atoms with Crippen LogP contribution in [0.3, 0.4) is 0 Å². The molecule has 1 saturated heterocycles. The Bertz CT molecular complexity index is 521. The van der Waals surface area contributed by atoms with Crippen LogP contribution in [0.15, 0.2) is 12.1 Å². The average Bonchev–Trinajstić information content (AvgIpc) is 2.63. The van der Waals surface area contributed by atoms with Crippen LogP contribution in [0.1, 0.15) is 30.6 Å². The third kappa shape index (κ3) is 2.49. The number of hydrogen-bond donors (Lipinski definition) is 3. The molecule has 0 aliphatic carbocycles. The maximum atomic E-state index is 13.9. The number of anilines is 2. The molecule has 1 aromatic carbocycles. The fraction of sp³-hybridized carbons (Fsp3) is 0.462. The number of carbonyl (C=O) groups is 1. The Balaban J connectivity index is 2.35. The molecule has 1 amide bonds. The summed E-state index contributed by atoms with van der Waals surface area (Å²) in [5, 5.41) is 3.09. The molecule has 5 N–H and O–H groups in total. The van der Waals surface area contributed by atoms with E-state index in [0.717, 1.165) is 12.5 Å². The number of carbonyl (C=O) groups excluding carboxylic acids is 1. The minimum atomic E-state index is -0.679. The van der Waals surface area contributed by atoms with Gasteiger partial charge in [0, 0.05) is 12.3 Å². The van der Waals surface area contributed by atoms with Crippen LogP contribution in [0.2, 0.25) is 0 Å². The highest BCUT2D eigenvalue weighted by Gasteiger charge is 2.37. The first-order valence-corrected chi connectivity index (χ1v) is 6.12. The second-order valence-electron chi connectivity index (χ2n) is 5.09. The van der Waals surface area contributed by atoms with Crippen LogP contribution >= 0.6 is 0 Å². The Morgan fingerprint density at radius 3 is 2.79 bits per heavy atom. The number of nitrogens with two attached hydrogens (primary N) is 2. The first kappa shape index (κ1) is 13.6. The van der Waals surface area contributed by atoms with E-state index < -0.39 is 11.7 Å². The molecule has 1 aromatic rings. The van der Waals surface area contributed by atoms with Gasteiger partial charge in [-0.2, -0.15) is 0 Å². The molecular formula is C13H18FN3O2. The highest BCUT2D eigenvalue weighted by Crippen LogP contribution is 2.32. The van der Waals surface area contributed by atoms with Gasteiger partial charge in [0.25, 0.3) is 5.91 Å². The molecule has 19 heavy (non-hydrogen) atoms. The first-order chi connectivity index (χ1) is 8.83. The van der Waals surface area contributed by atoms with Crippen molar-refractivity contribution in [3.63, 3.8) is 0 Å². The highest BCUT2D eigenvalue weighted by molar-refractivity contribution is 5.99. The summed E-state index contributed by atoms with van der Waals surface area (Å²) in [4.78, 5) is 11.2. The van der Waals surface area contributed by atoms with Crippen molar-refractivity contribution < 1.29 is 13.9 Å². The molecule has 5 nitrogen and oxygen atoms in total. The number of primary amides is 1. The van der Waals surface area contributed by atoms with Crippen molar-refractivity contribution in [2.24, 2.45) is 5.73 Å². The SMILES string of the molecule is CC1OCCC1(C)Nc1cc(C(N)=O)c(N)cc1F. The lowest BCUT2D eigenvalue weighted by atomic mass is 9.94. The van der Waals surface area contributed by atoms with E-state index in [9.17, 15) is 9.18 Å². The van der Waals surface area contributed by atoms with Gasteiger partial charge in [-0.1, -0.05) is 0 Å². The van der Waals surface area contributed by atoms with E-state index in [0.29, 0.717) is 6.61 Å². The van der Waals surface area contributed by atoms with Gasteiger partial charge in [0.15, 0.2) is 0 Å². The molecule has 1 fully saturated rings. The number of nitrogens with one attached hydrogen (secondary N) is 1. The van der Waals surface area contributed by atoms with Crippen molar-refractivity contribution in [2.45, 2.75) is 31.9 Å². The van der Waals surface area contributed by atoms with E-state index in [1.165, 1.54) is 6.07 Å². The van der Waals surface area contributed by atoms with Crippen molar-refractivity contribution in [1.82, 2.24) is 0 Å². The number of nitrogen functional groups attached to an aromatic ring is 1. The molecule has 2 atom stereocenters. The van der Waals surface area contributed by atoms with Crippen LogP contribution in [-0.2, 0) is 4.74 Å². The summed E-state index contributed by atoms with van der Waals surface area (Å²) in [5.41, 5.74) is 10.8. The third-order valence-electron chi connectivity index (χ3n) is 3.71. The summed E-state index contributed by atoms with van der Waals surface area (Å²) in [7, 11) is 0. The lowest BCUT2D eigenvalue weighted by Crippen LogP contribution is -2.41. The van der Waals surface area contributed by atoms with E-state index in [2.05, 4.69) is 5.32 Å². The van der Waals surface area contributed by atoms with Gasteiger partial charge in [0.2, 0.25) is 0 Å². The van der Waals surface area contributed by atoms with Gasteiger partial charge < -0.3 is 21.5 Å². The van der Waals surface area contributed by atoms with Gasteiger partial charge in [-0.25, -0.2) is 4.39 Å². The standard InChI is InChI=1S/C13H18FN3O2/c1-7-13(2,3-4-19-7)17-11-5-8(12(16)18)10(15)6-9(11)14/h5-7,17H,3-4,15H2,1-2H3,(H2,16,18). The van der Waals surface area contributed by atoms with Gasteiger partial charge in [-0.05, 0) is 32.4 Å². The summed E-state index contributed by atoms with van der Waals surface area (Å²) in [5.74, 6) is -1.19. The van der Waals surface area contributed by atoms with Crippen molar-refractivity contribution in [3.8, 4) is 0 Å². The Morgan fingerprint density at radius 2 is 2.26 bits per heavy atom. The summed E-state index contributed by atoms with van der Waals surface area (Å²) in [6.07, 6.45) is 0.700. The Labute approximate surface area is 111 Å². The molecule has 0 bridgehead atoms. The van der Waals surface area contributed by atoms with E-state index in [1.54, 1.807) is 0 Å². The molecule has 6 heteroatoms. The Hall–Kier alpha value is -1.82. The molecule has 0 saturated carbocycles. The van der Waals surface area contributed by atoms with Crippen LogP contribution in [0.4, 0.5) is 15.8 Å². The van der Waals surface area contributed by atoms with Crippen LogP contribution in [0.5, 0.6) is 0 Å². The van der Waals surface area contributed by atoms with Gasteiger partial charge in [0.05, 0.1) is 22.9 Å². The Kier molecular flexibility index (Phi) is 3.36. The van der Waals surface area contributed by atoms with Crippen molar-refractivity contribution in [3.05, 3.63) is 23.5 Å². The maximum Gasteiger partial charge on any atom is 0.250 e. The van der Waals surface area contributed by atoms with Gasteiger partial charge in [0.1, 0.15) is 5.82 Å². The monoisotopic (exact) mass is 267 g/mol. The number of rotatable bonds is 3. The van der Waals surface area contributed by atoms with Crippen molar-refractivity contribution >= 4 is 17.3 Å². The molecule has 2 unspecified atom stereocenters. The second-order valence-corrected chi connectivity index (χ2v) is 5.09. The molecule has 1 aliphatic rings. The fourth-order valence-electron chi connectivity index (χ4n) is 2.20. The zero-order valence-electron chi connectivity index (χ0n) is 11.0. The fourth-order valence-corrected chi connectivity index (χ4v) is 2.20. The van der Waals surface area contributed by atoms with E-state index in [-0.39, 0.29) is 28.6 Å². The van der Waals surface area contributed by atoms with Crippen molar-refractivity contribution in [2.75, 3.05) is 17.7 Å². The van der Waals surface area contributed by atoms with Crippen LogP contribution in [-0.4, -0.2) is 24.2 Å². The molecular weight excluding hydrogens is 249 g/mol. The van der Waals surface area contributed by atoms with E-state index in [1.807, 2.05) is 13.8 Å². The van der Waals surface area contributed by atoms with E-state index >= 15 is 0 Å². The zero-order chi connectivity index (χ0) is 14.2. The second kappa shape index (κ2) is 4.70. The summed E-state index contributed by atoms with van der Waals surface area (Å²) in [6, 6.07) is 2.45. The molecule has 0 aromatic heterocycles. The quantitative estimate of drug-likeness (QED) is 0.724. The number of halogens is 1. The number of amides is 1. The summed E-state index contributed by atoms with van der Waals surface area (Å²) < 4.78 is 19.4. The molecule has 1 heterocycles. The van der Waals surface area contributed by atoms with Crippen LogP contribution in [0, 0.1) is 5.82 Å². The molecule has 2 rings (SSSR count). The zero-order valence-corrected chi connectivity index (χ0v) is 11.0. The van der Waals surface area contributed by atoms with Gasteiger partial charge >= 0.3 is 0 Å². The maximum absolute atomic E-state index is 13.9. The minimum Gasteiger partial charge on any atom is -0.398 e. The normalized spacial score (nSPS) is 26.4. The highest BCUT2D eigenvalue weighted by atomic mass is 19.1. The molecule has 1 aliphatic heterocycles. The lowest BCUT2D eigenvalue weighted by Gasteiger charge is -2.30. The van der Waals surface area contributed by atoms with Gasteiger partial charge in [-0.15, -0.1) is 0 Å². The number of benzene rings is 1. The minimum absolute atomic E-state index is 0.0384. The summed E-state index contributed by atoms with van der Waals surface area (Å²) in [6.45, 7) is 4.48. The van der Waals surface area contributed by atoms with Crippen LogP contribution in [0.25, 0.3) is 0 Å².